The molecule has 1 aromatic heterocycles. The Morgan fingerprint density at radius 1 is 1.35 bits per heavy atom. The van der Waals surface area contributed by atoms with Crippen LogP contribution in [-0.2, 0) is 0 Å². The molecule has 0 aliphatic rings. The van der Waals surface area contributed by atoms with Gasteiger partial charge in [-0.3, -0.25) is 0 Å². The van der Waals surface area contributed by atoms with Crippen molar-refractivity contribution in [2.24, 2.45) is 0 Å². The molecule has 0 aliphatic heterocycles. The number of nitrogens with zero attached hydrogens (tertiary/aromatic N) is 2. The van der Waals surface area contributed by atoms with Gasteiger partial charge in [0, 0.05) is 23.7 Å². The van der Waals surface area contributed by atoms with Crippen molar-refractivity contribution in [3.05, 3.63) is 22.8 Å². The number of aromatic nitrogens is 2. The van der Waals surface area contributed by atoms with E-state index < -0.39 is 0 Å². The number of ether oxygens (including phenoxy) is 1. The van der Waals surface area contributed by atoms with Crippen molar-refractivity contribution in [2.45, 2.75) is 19.9 Å². The summed E-state index contributed by atoms with van der Waals surface area (Å²) in [6, 6.07) is 4.16. The molecule has 0 amide bonds. The number of benzene rings is 1. The number of hydrogen-bond donors (Lipinski definition) is 1. The Morgan fingerprint density at radius 3 is 2.76 bits per heavy atom. The summed E-state index contributed by atoms with van der Waals surface area (Å²) in [6.07, 6.45) is 1.80. The number of halogens is 1. The van der Waals surface area contributed by atoms with E-state index in [0.29, 0.717) is 12.0 Å². The maximum absolute atomic E-state index is 5.25. The van der Waals surface area contributed by atoms with Gasteiger partial charge in [-0.1, -0.05) is 0 Å². The smallest absolute Gasteiger partial charge is 0.223 e. The lowest BCUT2D eigenvalue weighted by Gasteiger charge is -2.09. The minimum atomic E-state index is 0.310. The van der Waals surface area contributed by atoms with Crippen LogP contribution in [0, 0.1) is 0 Å². The van der Waals surface area contributed by atoms with Crippen LogP contribution in [0.5, 0.6) is 5.75 Å². The molecule has 0 radical (unpaired) electrons. The summed E-state index contributed by atoms with van der Waals surface area (Å²) in [4.78, 5) is 8.70. The maximum atomic E-state index is 5.25. The third-order valence-electron chi connectivity index (χ3n) is 2.27. The molecule has 4 nitrogen and oxygen atoms in total. The molecular formula is C12H14BrN3O. The van der Waals surface area contributed by atoms with E-state index in [1.807, 2.05) is 12.1 Å². The first-order chi connectivity index (χ1) is 8.10. The molecule has 0 atom stereocenters. The molecule has 5 heteroatoms. The van der Waals surface area contributed by atoms with E-state index in [2.05, 4.69) is 45.1 Å². The van der Waals surface area contributed by atoms with Crippen molar-refractivity contribution in [3.63, 3.8) is 0 Å². The van der Waals surface area contributed by atoms with Crippen LogP contribution in [0.1, 0.15) is 13.8 Å². The zero-order valence-electron chi connectivity index (χ0n) is 9.99. The fraction of sp³-hybridized carbons (Fsp3) is 0.333. The van der Waals surface area contributed by atoms with Crippen LogP contribution in [0.2, 0.25) is 0 Å². The SMILES string of the molecule is COc1cc2nc(NC(C)C)ncc2cc1Br. The van der Waals surface area contributed by atoms with Crippen molar-refractivity contribution >= 4 is 32.8 Å². The summed E-state index contributed by atoms with van der Waals surface area (Å²) in [6.45, 7) is 4.10. The van der Waals surface area contributed by atoms with Gasteiger partial charge in [-0.05, 0) is 35.8 Å². The summed E-state index contributed by atoms with van der Waals surface area (Å²) >= 11 is 3.44. The molecule has 1 heterocycles. The van der Waals surface area contributed by atoms with Gasteiger partial charge in [0.25, 0.3) is 0 Å². The predicted octanol–water partition coefficient (Wildman–Crippen LogP) is 3.22. The molecule has 17 heavy (non-hydrogen) atoms. The van der Waals surface area contributed by atoms with Gasteiger partial charge < -0.3 is 10.1 Å². The highest BCUT2D eigenvalue weighted by atomic mass is 79.9. The van der Waals surface area contributed by atoms with Crippen LogP contribution in [-0.4, -0.2) is 23.1 Å². The average Bonchev–Trinajstić information content (AvgIpc) is 2.28. The van der Waals surface area contributed by atoms with Crippen LogP contribution < -0.4 is 10.1 Å². The maximum Gasteiger partial charge on any atom is 0.223 e. The molecular weight excluding hydrogens is 282 g/mol. The van der Waals surface area contributed by atoms with Crippen LogP contribution in [0.4, 0.5) is 5.95 Å². The normalized spacial score (nSPS) is 10.9. The van der Waals surface area contributed by atoms with Crippen molar-refractivity contribution in [1.29, 1.82) is 0 Å². The fourth-order valence-corrected chi connectivity index (χ4v) is 2.04. The molecule has 2 rings (SSSR count). The zero-order valence-corrected chi connectivity index (χ0v) is 11.6. The molecule has 0 spiro atoms. The molecule has 0 bridgehead atoms. The summed E-state index contributed by atoms with van der Waals surface area (Å²) in [7, 11) is 1.64. The number of rotatable bonds is 3. The highest BCUT2D eigenvalue weighted by Crippen LogP contribution is 2.29. The second-order valence-corrected chi connectivity index (χ2v) is 4.89. The third kappa shape index (κ3) is 2.66. The van der Waals surface area contributed by atoms with Gasteiger partial charge in [0.05, 0.1) is 17.1 Å². The van der Waals surface area contributed by atoms with E-state index in [1.54, 1.807) is 13.3 Å². The van der Waals surface area contributed by atoms with Crippen molar-refractivity contribution in [3.8, 4) is 5.75 Å². The molecule has 1 aromatic carbocycles. The van der Waals surface area contributed by atoms with Gasteiger partial charge in [-0.15, -0.1) is 0 Å². The van der Waals surface area contributed by atoms with Crippen molar-refractivity contribution in [2.75, 3.05) is 12.4 Å². The first-order valence-corrected chi connectivity index (χ1v) is 6.16. The molecule has 0 saturated carbocycles. The molecule has 2 aromatic rings. The third-order valence-corrected chi connectivity index (χ3v) is 2.89. The lowest BCUT2D eigenvalue weighted by Crippen LogP contribution is -2.12. The quantitative estimate of drug-likeness (QED) is 0.944. The van der Waals surface area contributed by atoms with E-state index in [0.717, 1.165) is 21.1 Å². The summed E-state index contributed by atoms with van der Waals surface area (Å²) < 4.78 is 6.15. The molecule has 0 aliphatic carbocycles. The number of fused-ring (bicyclic) bond motifs is 1. The predicted molar refractivity (Wildman–Crippen MR) is 72.5 cm³/mol. The van der Waals surface area contributed by atoms with Gasteiger partial charge in [-0.25, -0.2) is 9.97 Å². The zero-order chi connectivity index (χ0) is 12.4. The Labute approximate surface area is 109 Å². The van der Waals surface area contributed by atoms with Crippen LogP contribution in [0.3, 0.4) is 0 Å². The van der Waals surface area contributed by atoms with Gasteiger partial charge in [0.1, 0.15) is 5.75 Å². The Bertz CT molecular complexity index is 543. The second kappa shape index (κ2) is 4.87. The lowest BCUT2D eigenvalue weighted by molar-refractivity contribution is 0.412. The number of hydrogen-bond acceptors (Lipinski definition) is 4. The number of methoxy groups -OCH3 is 1. The molecule has 1 N–H and O–H groups in total. The monoisotopic (exact) mass is 295 g/mol. The summed E-state index contributed by atoms with van der Waals surface area (Å²) in [5.41, 5.74) is 0.864. The van der Waals surface area contributed by atoms with Gasteiger partial charge in [-0.2, -0.15) is 0 Å². The van der Waals surface area contributed by atoms with E-state index >= 15 is 0 Å². The highest BCUT2D eigenvalue weighted by Gasteiger charge is 2.06. The van der Waals surface area contributed by atoms with Crippen LogP contribution in [0.15, 0.2) is 22.8 Å². The van der Waals surface area contributed by atoms with Gasteiger partial charge >= 0.3 is 0 Å². The topological polar surface area (TPSA) is 47.0 Å². The summed E-state index contributed by atoms with van der Waals surface area (Å²) in [5, 5.41) is 4.15. The first kappa shape index (κ1) is 12.1. The van der Waals surface area contributed by atoms with E-state index in [1.165, 1.54) is 0 Å². The molecule has 0 fully saturated rings. The fourth-order valence-electron chi connectivity index (χ4n) is 1.52. The number of nitrogens with one attached hydrogen (secondary N) is 1. The first-order valence-electron chi connectivity index (χ1n) is 5.37. The van der Waals surface area contributed by atoms with E-state index in [4.69, 9.17) is 4.74 Å². The van der Waals surface area contributed by atoms with Crippen molar-refractivity contribution in [1.82, 2.24) is 9.97 Å². The Balaban J connectivity index is 2.49. The van der Waals surface area contributed by atoms with Crippen LogP contribution >= 0.6 is 15.9 Å². The van der Waals surface area contributed by atoms with E-state index in [-0.39, 0.29) is 0 Å². The number of anilines is 1. The van der Waals surface area contributed by atoms with E-state index in [9.17, 15) is 0 Å². The lowest BCUT2D eigenvalue weighted by atomic mass is 10.2. The highest BCUT2D eigenvalue weighted by molar-refractivity contribution is 9.10. The van der Waals surface area contributed by atoms with Gasteiger partial charge in [0.15, 0.2) is 0 Å². The van der Waals surface area contributed by atoms with Crippen LogP contribution in [0.25, 0.3) is 10.9 Å². The summed E-state index contributed by atoms with van der Waals surface area (Å²) in [5.74, 6) is 1.41. The Kier molecular flexibility index (Phi) is 3.47. The Hall–Kier alpha value is -1.36. The average molecular weight is 296 g/mol. The second-order valence-electron chi connectivity index (χ2n) is 4.04. The van der Waals surface area contributed by atoms with Gasteiger partial charge in [0.2, 0.25) is 5.95 Å². The standard InChI is InChI=1S/C12H14BrN3O/c1-7(2)15-12-14-6-8-4-9(13)11(17-3)5-10(8)16-12/h4-7H,1-3H3,(H,14,15,16). The minimum absolute atomic E-state index is 0.310. The Morgan fingerprint density at radius 2 is 2.12 bits per heavy atom. The minimum Gasteiger partial charge on any atom is -0.495 e. The molecule has 0 unspecified atom stereocenters. The molecule has 90 valence electrons. The van der Waals surface area contributed by atoms with Crippen molar-refractivity contribution < 1.29 is 4.74 Å². The largest absolute Gasteiger partial charge is 0.495 e. The molecule has 0 saturated heterocycles.